The smallest absolute Gasteiger partial charge is 0.0426 e. The predicted molar refractivity (Wildman–Crippen MR) is 146 cm³/mol. The minimum absolute atomic E-state index is 0.229. The normalized spacial score (nSPS) is 14.8. The van der Waals surface area contributed by atoms with Gasteiger partial charge in [0, 0.05) is 16.8 Å². The second-order valence-electron chi connectivity index (χ2n) is 9.24. The molecule has 0 fully saturated rings. The lowest BCUT2D eigenvalue weighted by molar-refractivity contribution is 0.682. The summed E-state index contributed by atoms with van der Waals surface area (Å²) in [4.78, 5) is 0. The summed E-state index contributed by atoms with van der Waals surface area (Å²) in [7, 11) is 0. The van der Waals surface area contributed by atoms with Crippen molar-refractivity contribution in [3.05, 3.63) is 144 Å². The molecule has 1 nitrogen and oxygen atoms in total. The van der Waals surface area contributed by atoms with E-state index in [2.05, 4.69) is 141 Å². The number of allylic oxidation sites excluding steroid dienone is 4. The van der Waals surface area contributed by atoms with Crippen molar-refractivity contribution in [3.8, 4) is 11.1 Å². The molecule has 0 bridgehead atoms. The van der Waals surface area contributed by atoms with Gasteiger partial charge >= 0.3 is 0 Å². The van der Waals surface area contributed by atoms with Crippen molar-refractivity contribution in [2.24, 2.45) is 0 Å². The van der Waals surface area contributed by atoms with Crippen molar-refractivity contribution in [1.29, 1.82) is 0 Å². The molecule has 0 saturated heterocycles. The van der Waals surface area contributed by atoms with Crippen LogP contribution in [-0.4, -0.2) is 0 Å². The summed E-state index contributed by atoms with van der Waals surface area (Å²) < 4.78 is 0. The van der Waals surface area contributed by atoms with E-state index < -0.39 is 0 Å². The fourth-order valence-electron chi connectivity index (χ4n) is 4.94. The summed E-state index contributed by atoms with van der Waals surface area (Å²) >= 11 is 0. The number of anilines is 2. The molecule has 1 unspecified atom stereocenters. The Morgan fingerprint density at radius 1 is 0.676 bits per heavy atom. The van der Waals surface area contributed by atoms with Gasteiger partial charge < -0.3 is 5.32 Å². The van der Waals surface area contributed by atoms with E-state index in [4.69, 9.17) is 0 Å². The molecule has 0 aromatic heterocycles. The van der Waals surface area contributed by atoms with Gasteiger partial charge in [-0.3, -0.25) is 0 Å². The summed E-state index contributed by atoms with van der Waals surface area (Å²) in [5.41, 5.74) is 9.75. The first kappa shape index (κ1) is 22.0. The monoisotopic (exact) mass is 441 g/mol. The standard InChI is InChI=1S/C33H31N/c1-25-17-21-29(22-18-25)34-30-23-19-26(20-24-30)31-15-9-10-16-32(31)33(2,27-11-5-3-6-12-27)28-13-7-4-8-14-28/h3,5-7,9-24,34H,4,8H2,1-2H3. The van der Waals surface area contributed by atoms with E-state index in [0.29, 0.717) is 0 Å². The van der Waals surface area contributed by atoms with Crippen LogP contribution in [0.2, 0.25) is 0 Å². The maximum Gasteiger partial charge on any atom is 0.0426 e. The summed E-state index contributed by atoms with van der Waals surface area (Å²) in [5.74, 6) is 0. The van der Waals surface area contributed by atoms with Gasteiger partial charge in [-0.25, -0.2) is 0 Å². The minimum atomic E-state index is -0.229. The van der Waals surface area contributed by atoms with Crippen LogP contribution in [0.4, 0.5) is 11.4 Å². The number of hydrogen-bond donors (Lipinski definition) is 1. The molecule has 1 N–H and O–H groups in total. The van der Waals surface area contributed by atoms with Gasteiger partial charge in [0.2, 0.25) is 0 Å². The molecule has 4 aromatic rings. The van der Waals surface area contributed by atoms with Gasteiger partial charge in [0.15, 0.2) is 0 Å². The first-order valence-corrected chi connectivity index (χ1v) is 12.1. The number of hydrogen-bond acceptors (Lipinski definition) is 1. The lowest BCUT2D eigenvalue weighted by atomic mass is 9.67. The Balaban J connectivity index is 1.55. The van der Waals surface area contributed by atoms with Crippen LogP contribution in [0.15, 0.2) is 127 Å². The van der Waals surface area contributed by atoms with Gasteiger partial charge in [-0.2, -0.15) is 0 Å². The molecule has 1 aliphatic rings. The van der Waals surface area contributed by atoms with Crippen LogP contribution in [-0.2, 0) is 5.41 Å². The average Bonchev–Trinajstić information content (AvgIpc) is 2.91. The lowest BCUT2D eigenvalue weighted by Gasteiger charge is -2.35. The van der Waals surface area contributed by atoms with E-state index in [-0.39, 0.29) is 5.41 Å². The first-order valence-electron chi connectivity index (χ1n) is 12.1. The molecule has 0 radical (unpaired) electrons. The Hall–Kier alpha value is -3.84. The third-order valence-corrected chi connectivity index (χ3v) is 6.93. The fourth-order valence-corrected chi connectivity index (χ4v) is 4.94. The highest BCUT2D eigenvalue weighted by Gasteiger charge is 2.34. The number of benzene rings is 4. The zero-order valence-electron chi connectivity index (χ0n) is 20.0. The van der Waals surface area contributed by atoms with Gasteiger partial charge in [-0.05, 0) is 78.8 Å². The van der Waals surface area contributed by atoms with Crippen molar-refractivity contribution in [2.75, 3.05) is 5.32 Å². The molecule has 0 heterocycles. The Bertz CT molecular complexity index is 1310. The molecule has 0 amide bonds. The van der Waals surface area contributed by atoms with Crippen molar-refractivity contribution in [2.45, 2.75) is 32.1 Å². The van der Waals surface area contributed by atoms with E-state index in [0.717, 1.165) is 24.2 Å². The summed E-state index contributed by atoms with van der Waals surface area (Å²) in [5, 5.41) is 3.51. The first-order chi connectivity index (χ1) is 16.6. The van der Waals surface area contributed by atoms with Crippen LogP contribution in [0.25, 0.3) is 11.1 Å². The molecular formula is C33H31N. The zero-order valence-corrected chi connectivity index (χ0v) is 20.0. The summed E-state index contributed by atoms with van der Waals surface area (Å²) in [6.07, 6.45) is 9.26. The molecule has 1 atom stereocenters. The van der Waals surface area contributed by atoms with Crippen LogP contribution >= 0.6 is 0 Å². The number of aryl methyl sites for hydroxylation is 1. The van der Waals surface area contributed by atoms with Crippen LogP contribution in [0.3, 0.4) is 0 Å². The molecule has 1 heteroatoms. The largest absolute Gasteiger partial charge is 0.356 e. The quantitative estimate of drug-likeness (QED) is 0.315. The van der Waals surface area contributed by atoms with Gasteiger partial charge in [0.25, 0.3) is 0 Å². The molecule has 5 rings (SSSR count). The fraction of sp³-hybridized carbons (Fsp3) is 0.152. The second kappa shape index (κ2) is 9.57. The van der Waals surface area contributed by atoms with Gasteiger partial charge in [-0.15, -0.1) is 0 Å². The van der Waals surface area contributed by atoms with Gasteiger partial charge in [0.1, 0.15) is 0 Å². The highest BCUT2D eigenvalue weighted by molar-refractivity contribution is 5.74. The number of nitrogens with one attached hydrogen (secondary N) is 1. The van der Waals surface area contributed by atoms with Crippen molar-refractivity contribution >= 4 is 11.4 Å². The van der Waals surface area contributed by atoms with E-state index >= 15 is 0 Å². The van der Waals surface area contributed by atoms with Crippen LogP contribution in [0, 0.1) is 6.92 Å². The maximum atomic E-state index is 3.51. The van der Waals surface area contributed by atoms with Crippen LogP contribution < -0.4 is 5.32 Å². The average molecular weight is 442 g/mol. The summed E-state index contributed by atoms with van der Waals surface area (Å²) in [6, 6.07) is 37.1. The van der Waals surface area contributed by atoms with E-state index in [1.807, 2.05) is 0 Å². The zero-order chi connectivity index (χ0) is 23.4. The molecule has 168 valence electrons. The highest BCUT2D eigenvalue weighted by atomic mass is 14.9. The molecular weight excluding hydrogens is 410 g/mol. The Kier molecular flexibility index (Phi) is 6.18. The second-order valence-corrected chi connectivity index (χ2v) is 9.24. The Labute approximate surface area is 203 Å². The lowest BCUT2D eigenvalue weighted by Crippen LogP contribution is -2.27. The molecule has 1 aliphatic carbocycles. The van der Waals surface area contributed by atoms with Crippen LogP contribution in [0.5, 0.6) is 0 Å². The molecule has 0 spiro atoms. The SMILES string of the molecule is Cc1ccc(Nc2ccc(-c3ccccc3C(C)(C3=CCCC=C3)c3ccccc3)cc2)cc1. The third kappa shape index (κ3) is 4.34. The van der Waals surface area contributed by atoms with Crippen molar-refractivity contribution in [1.82, 2.24) is 0 Å². The van der Waals surface area contributed by atoms with Gasteiger partial charge in [-0.1, -0.05) is 103 Å². The van der Waals surface area contributed by atoms with Gasteiger partial charge in [0.05, 0.1) is 0 Å². The van der Waals surface area contributed by atoms with Crippen molar-refractivity contribution < 1.29 is 0 Å². The number of rotatable bonds is 6. The Morgan fingerprint density at radius 2 is 1.32 bits per heavy atom. The topological polar surface area (TPSA) is 12.0 Å². The summed E-state index contributed by atoms with van der Waals surface area (Å²) in [6.45, 7) is 4.48. The maximum absolute atomic E-state index is 3.51. The third-order valence-electron chi connectivity index (χ3n) is 6.93. The van der Waals surface area contributed by atoms with Crippen molar-refractivity contribution in [3.63, 3.8) is 0 Å². The molecule has 4 aromatic carbocycles. The van der Waals surface area contributed by atoms with Crippen LogP contribution in [0.1, 0.15) is 36.5 Å². The van der Waals surface area contributed by atoms with E-state index in [9.17, 15) is 0 Å². The minimum Gasteiger partial charge on any atom is -0.356 e. The predicted octanol–water partition coefficient (Wildman–Crippen LogP) is 8.99. The highest BCUT2D eigenvalue weighted by Crippen LogP contribution is 2.45. The van der Waals surface area contributed by atoms with E-state index in [1.54, 1.807) is 0 Å². The molecule has 0 aliphatic heterocycles. The molecule has 0 saturated carbocycles. The molecule has 34 heavy (non-hydrogen) atoms. The Morgan fingerprint density at radius 3 is 2.00 bits per heavy atom. The van der Waals surface area contributed by atoms with E-state index in [1.165, 1.54) is 33.4 Å².